The van der Waals surface area contributed by atoms with E-state index in [2.05, 4.69) is 23.7 Å². The van der Waals surface area contributed by atoms with Crippen molar-refractivity contribution < 1.29 is 0 Å². The van der Waals surface area contributed by atoms with Crippen molar-refractivity contribution in [2.24, 2.45) is 0 Å². The van der Waals surface area contributed by atoms with Crippen molar-refractivity contribution in [1.82, 2.24) is 4.98 Å². The Hall–Kier alpha value is -0.470. The summed E-state index contributed by atoms with van der Waals surface area (Å²) >= 11 is 12.0. The predicted molar refractivity (Wildman–Crippen MR) is 71.6 cm³/mol. The van der Waals surface area contributed by atoms with E-state index in [1.54, 1.807) is 6.20 Å². The number of anilines is 1. The quantitative estimate of drug-likeness (QED) is 0.717. The summed E-state index contributed by atoms with van der Waals surface area (Å²) in [6.07, 6.45) is 3.98. The van der Waals surface area contributed by atoms with Gasteiger partial charge in [-0.3, -0.25) is 0 Å². The third-order valence-corrected chi connectivity index (χ3v) is 2.91. The lowest BCUT2D eigenvalue weighted by atomic mass is 10.3. The van der Waals surface area contributed by atoms with E-state index < -0.39 is 0 Å². The molecule has 4 heteroatoms. The fourth-order valence-electron chi connectivity index (χ4n) is 1.64. The van der Waals surface area contributed by atoms with E-state index in [0.29, 0.717) is 10.9 Å². The summed E-state index contributed by atoms with van der Waals surface area (Å²) in [4.78, 5) is 6.62. The summed E-state index contributed by atoms with van der Waals surface area (Å²) < 4.78 is 0. The van der Waals surface area contributed by atoms with Crippen LogP contribution in [-0.4, -0.2) is 18.1 Å². The fourth-order valence-corrected chi connectivity index (χ4v) is 2.09. The zero-order chi connectivity index (χ0) is 12.0. The normalized spacial score (nSPS) is 10.5. The van der Waals surface area contributed by atoms with Crippen LogP contribution in [0.1, 0.15) is 32.3 Å². The molecular weight excluding hydrogens is 243 g/mol. The van der Waals surface area contributed by atoms with E-state index in [1.807, 2.05) is 6.07 Å². The molecular formula is C12H18Cl2N2. The number of halogens is 2. The Labute approximate surface area is 108 Å². The molecule has 1 aromatic rings. The van der Waals surface area contributed by atoms with E-state index in [0.717, 1.165) is 37.3 Å². The van der Waals surface area contributed by atoms with Crippen LogP contribution in [0.3, 0.4) is 0 Å². The van der Waals surface area contributed by atoms with Crippen molar-refractivity contribution in [2.45, 2.75) is 32.6 Å². The van der Waals surface area contributed by atoms with Crippen LogP contribution >= 0.6 is 23.2 Å². The molecule has 0 saturated carbocycles. The highest BCUT2D eigenvalue weighted by Crippen LogP contribution is 2.25. The zero-order valence-electron chi connectivity index (χ0n) is 9.84. The lowest BCUT2D eigenvalue weighted by molar-refractivity contribution is 0.734. The molecule has 0 saturated heterocycles. The summed E-state index contributed by atoms with van der Waals surface area (Å²) in [5, 5.41) is 0.694. The van der Waals surface area contributed by atoms with Crippen molar-refractivity contribution in [3.8, 4) is 0 Å². The van der Waals surface area contributed by atoms with E-state index in [9.17, 15) is 0 Å². The number of hydrogen-bond acceptors (Lipinski definition) is 2. The van der Waals surface area contributed by atoms with Gasteiger partial charge in [0.25, 0.3) is 0 Å². The Morgan fingerprint density at radius 3 is 2.31 bits per heavy atom. The lowest BCUT2D eigenvalue weighted by Crippen LogP contribution is -2.26. The SMILES string of the molecule is CCCN(CCC)c1ncc(CCl)cc1Cl. The molecule has 0 aliphatic carbocycles. The van der Waals surface area contributed by atoms with Gasteiger partial charge in [0.2, 0.25) is 0 Å². The van der Waals surface area contributed by atoms with Gasteiger partial charge in [-0.2, -0.15) is 0 Å². The van der Waals surface area contributed by atoms with Crippen LogP contribution in [0.4, 0.5) is 5.82 Å². The maximum absolute atomic E-state index is 6.21. The Kier molecular flexibility index (Phi) is 5.93. The minimum Gasteiger partial charge on any atom is -0.355 e. The van der Waals surface area contributed by atoms with Crippen LogP contribution in [0.5, 0.6) is 0 Å². The minimum absolute atomic E-state index is 0.453. The molecule has 0 fully saturated rings. The van der Waals surface area contributed by atoms with Crippen LogP contribution < -0.4 is 4.90 Å². The number of rotatable bonds is 6. The molecule has 1 aromatic heterocycles. The Balaban J connectivity index is 2.90. The maximum Gasteiger partial charge on any atom is 0.147 e. The van der Waals surface area contributed by atoms with Crippen molar-refractivity contribution in [2.75, 3.05) is 18.0 Å². The summed E-state index contributed by atoms with van der Waals surface area (Å²) in [6, 6.07) is 1.90. The first-order valence-electron chi connectivity index (χ1n) is 5.68. The number of aromatic nitrogens is 1. The van der Waals surface area contributed by atoms with Crippen molar-refractivity contribution in [3.05, 3.63) is 22.8 Å². The summed E-state index contributed by atoms with van der Waals surface area (Å²) in [6.45, 7) is 6.29. The summed E-state index contributed by atoms with van der Waals surface area (Å²) in [5.74, 6) is 1.33. The smallest absolute Gasteiger partial charge is 0.147 e. The Morgan fingerprint density at radius 2 is 1.88 bits per heavy atom. The van der Waals surface area contributed by atoms with Crippen LogP contribution in [0.25, 0.3) is 0 Å². The first kappa shape index (κ1) is 13.6. The van der Waals surface area contributed by atoms with E-state index in [4.69, 9.17) is 23.2 Å². The zero-order valence-corrected chi connectivity index (χ0v) is 11.4. The van der Waals surface area contributed by atoms with E-state index >= 15 is 0 Å². The average molecular weight is 261 g/mol. The molecule has 2 nitrogen and oxygen atoms in total. The van der Waals surface area contributed by atoms with Gasteiger partial charge in [-0.25, -0.2) is 4.98 Å². The molecule has 0 atom stereocenters. The van der Waals surface area contributed by atoms with Crippen LogP contribution in [0.2, 0.25) is 5.02 Å². The first-order valence-corrected chi connectivity index (χ1v) is 6.59. The summed E-state index contributed by atoms with van der Waals surface area (Å²) in [7, 11) is 0. The standard InChI is InChI=1S/C12H18Cl2N2/c1-3-5-16(6-4-2)12-11(14)7-10(8-13)9-15-12/h7,9H,3-6,8H2,1-2H3. The molecule has 1 heterocycles. The molecule has 0 amide bonds. The molecule has 0 N–H and O–H groups in total. The minimum atomic E-state index is 0.453. The molecule has 0 radical (unpaired) electrons. The average Bonchev–Trinajstić information content (AvgIpc) is 2.29. The van der Waals surface area contributed by atoms with Crippen molar-refractivity contribution >= 4 is 29.0 Å². The van der Waals surface area contributed by atoms with Gasteiger partial charge < -0.3 is 4.90 Å². The molecule has 1 rings (SSSR count). The number of nitrogens with zero attached hydrogens (tertiary/aromatic N) is 2. The first-order chi connectivity index (χ1) is 7.72. The van der Waals surface area contributed by atoms with Gasteiger partial charge in [-0.1, -0.05) is 25.4 Å². The van der Waals surface area contributed by atoms with E-state index in [1.165, 1.54) is 0 Å². The highest BCUT2D eigenvalue weighted by molar-refractivity contribution is 6.33. The molecule has 0 aromatic carbocycles. The second-order valence-electron chi connectivity index (χ2n) is 3.77. The number of alkyl halides is 1. The van der Waals surface area contributed by atoms with Gasteiger partial charge in [0.15, 0.2) is 0 Å². The highest BCUT2D eigenvalue weighted by Gasteiger charge is 2.10. The van der Waals surface area contributed by atoms with Gasteiger partial charge in [-0.05, 0) is 24.5 Å². The third kappa shape index (κ3) is 3.53. The molecule has 0 unspecified atom stereocenters. The largest absolute Gasteiger partial charge is 0.355 e. The van der Waals surface area contributed by atoms with Gasteiger partial charge >= 0.3 is 0 Å². The van der Waals surface area contributed by atoms with Gasteiger partial charge in [0.05, 0.1) is 5.02 Å². The van der Waals surface area contributed by atoms with Crippen LogP contribution in [0.15, 0.2) is 12.3 Å². The Morgan fingerprint density at radius 1 is 1.25 bits per heavy atom. The van der Waals surface area contributed by atoms with E-state index in [-0.39, 0.29) is 0 Å². The topological polar surface area (TPSA) is 16.1 Å². The second-order valence-corrected chi connectivity index (χ2v) is 4.44. The monoisotopic (exact) mass is 260 g/mol. The molecule has 0 aliphatic rings. The molecule has 0 aliphatic heterocycles. The van der Waals surface area contributed by atoms with Crippen LogP contribution in [-0.2, 0) is 5.88 Å². The molecule has 90 valence electrons. The van der Waals surface area contributed by atoms with Crippen LogP contribution in [0, 0.1) is 0 Å². The molecule has 0 bridgehead atoms. The Bertz CT molecular complexity index is 323. The number of pyridine rings is 1. The van der Waals surface area contributed by atoms with Crippen molar-refractivity contribution in [1.29, 1.82) is 0 Å². The lowest BCUT2D eigenvalue weighted by Gasteiger charge is -2.23. The second kappa shape index (κ2) is 6.97. The highest BCUT2D eigenvalue weighted by atomic mass is 35.5. The third-order valence-electron chi connectivity index (χ3n) is 2.32. The van der Waals surface area contributed by atoms with Crippen molar-refractivity contribution in [3.63, 3.8) is 0 Å². The van der Waals surface area contributed by atoms with Gasteiger partial charge in [0, 0.05) is 25.2 Å². The molecule has 0 spiro atoms. The maximum atomic E-state index is 6.21. The summed E-state index contributed by atoms with van der Waals surface area (Å²) in [5.41, 5.74) is 0.961. The fraction of sp³-hybridized carbons (Fsp3) is 0.583. The predicted octanol–water partition coefficient (Wildman–Crippen LogP) is 4.10. The van der Waals surface area contributed by atoms with Gasteiger partial charge in [-0.15, -0.1) is 11.6 Å². The van der Waals surface area contributed by atoms with Gasteiger partial charge in [0.1, 0.15) is 5.82 Å². The number of hydrogen-bond donors (Lipinski definition) is 0. The molecule has 16 heavy (non-hydrogen) atoms.